The van der Waals surface area contributed by atoms with Crippen molar-refractivity contribution in [3.63, 3.8) is 0 Å². The molecule has 4 amide bonds. The molecule has 3 aromatic rings. The van der Waals surface area contributed by atoms with Crippen LogP contribution in [0.3, 0.4) is 0 Å². The molecule has 44 heavy (non-hydrogen) atoms. The van der Waals surface area contributed by atoms with Gasteiger partial charge in [-0.2, -0.15) is 0 Å². The summed E-state index contributed by atoms with van der Waals surface area (Å²) in [6.07, 6.45) is 1.29. The molecule has 2 heterocycles. The Morgan fingerprint density at radius 3 is 2.36 bits per heavy atom. The van der Waals surface area contributed by atoms with Gasteiger partial charge >= 0.3 is 6.09 Å². The molecule has 1 aromatic heterocycles. The highest BCUT2D eigenvalue weighted by Gasteiger charge is 2.45. The van der Waals surface area contributed by atoms with E-state index in [9.17, 15) is 19.2 Å². The Kier molecular flexibility index (Phi) is 9.02. The number of aromatic nitrogens is 1. The number of benzene rings is 2. The van der Waals surface area contributed by atoms with Crippen LogP contribution in [0.4, 0.5) is 9.93 Å². The molecule has 12 heteroatoms. The third-order valence-electron chi connectivity index (χ3n) is 7.31. The Morgan fingerprint density at radius 2 is 1.70 bits per heavy atom. The van der Waals surface area contributed by atoms with E-state index in [2.05, 4.69) is 20.9 Å². The molecule has 3 N–H and O–H groups in total. The molecule has 1 unspecified atom stereocenters. The second kappa shape index (κ2) is 12.7. The number of hydrogen-bond acceptors (Lipinski definition) is 8. The number of morpholine rings is 1. The van der Waals surface area contributed by atoms with Crippen LogP contribution in [0.25, 0.3) is 11.3 Å². The third-order valence-corrected chi connectivity index (χ3v) is 8.07. The summed E-state index contributed by atoms with van der Waals surface area (Å²) in [5, 5.41) is 10.7. The maximum absolute atomic E-state index is 14.2. The molecule has 11 nitrogen and oxygen atoms in total. The van der Waals surface area contributed by atoms with Crippen molar-refractivity contribution < 1.29 is 28.7 Å². The number of carbonyl (C=O) groups is 4. The predicted octanol–water partition coefficient (Wildman–Crippen LogP) is 4.31. The van der Waals surface area contributed by atoms with Crippen molar-refractivity contribution in [1.82, 2.24) is 20.5 Å². The minimum Gasteiger partial charge on any atom is -0.444 e. The SMILES string of the molecule is CC(C)(C)OC(=O)N[C@@](C)(C(=O)N1CCOCC1C(=O)Nc1nc(-c2ccc(C(=O)NC3CC3)cc2)cs1)c1ccccc1. The van der Waals surface area contributed by atoms with Gasteiger partial charge in [0.05, 0.1) is 18.9 Å². The van der Waals surface area contributed by atoms with Crippen molar-refractivity contribution in [2.45, 2.75) is 63.8 Å². The van der Waals surface area contributed by atoms with Crippen LogP contribution in [0.15, 0.2) is 60.0 Å². The van der Waals surface area contributed by atoms with Crippen molar-refractivity contribution in [2.75, 3.05) is 25.1 Å². The van der Waals surface area contributed by atoms with Crippen molar-refractivity contribution in [2.24, 2.45) is 0 Å². The number of carbonyl (C=O) groups excluding carboxylic acids is 4. The van der Waals surface area contributed by atoms with E-state index < -0.39 is 35.1 Å². The average Bonchev–Trinajstić information content (AvgIpc) is 3.69. The second-order valence-electron chi connectivity index (χ2n) is 12.1. The fourth-order valence-electron chi connectivity index (χ4n) is 4.82. The van der Waals surface area contributed by atoms with Gasteiger partial charge in [-0.15, -0.1) is 11.3 Å². The fourth-order valence-corrected chi connectivity index (χ4v) is 5.54. The number of thiazole rings is 1. The first kappa shape index (κ1) is 31.1. The zero-order valence-electron chi connectivity index (χ0n) is 25.2. The van der Waals surface area contributed by atoms with E-state index in [4.69, 9.17) is 9.47 Å². The number of amides is 4. The summed E-state index contributed by atoms with van der Waals surface area (Å²) in [6, 6.07) is 15.3. The van der Waals surface area contributed by atoms with Gasteiger partial charge in [-0.3, -0.25) is 14.4 Å². The highest BCUT2D eigenvalue weighted by atomic mass is 32.1. The van der Waals surface area contributed by atoms with Gasteiger partial charge in [0.25, 0.3) is 17.7 Å². The molecule has 0 radical (unpaired) electrons. The number of rotatable bonds is 8. The third kappa shape index (κ3) is 7.43. The van der Waals surface area contributed by atoms with Crippen LogP contribution in [0, 0.1) is 0 Å². The summed E-state index contributed by atoms with van der Waals surface area (Å²) in [7, 11) is 0. The van der Waals surface area contributed by atoms with Gasteiger partial charge < -0.3 is 30.3 Å². The maximum Gasteiger partial charge on any atom is 0.408 e. The largest absolute Gasteiger partial charge is 0.444 e. The Bertz CT molecular complexity index is 1520. The first-order valence-corrected chi connectivity index (χ1v) is 15.4. The summed E-state index contributed by atoms with van der Waals surface area (Å²) < 4.78 is 11.1. The van der Waals surface area contributed by atoms with E-state index in [0.717, 1.165) is 18.4 Å². The maximum atomic E-state index is 14.2. The van der Waals surface area contributed by atoms with Gasteiger partial charge in [-0.25, -0.2) is 9.78 Å². The zero-order chi connectivity index (χ0) is 31.5. The van der Waals surface area contributed by atoms with Gasteiger partial charge in [0.2, 0.25) is 0 Å². The summed E-state index contributed by atoms with van der Waals surface area (Å²) in [6.45, 7) is 7.20. The molecule has 0 spiro atoms. The topological polar surface area (TPSA) is 139 Å². The fraction of sp³-hybridized carbons (Fsp3) is 0.406. The number of nitrogens with one attached hydrogen (secondary N) is 3. The molecule has 2 aliphatic rings. The lowest BCUT2D eigenvalue weighted by Crippen LogP contribution is -2.62. The van der Waals surface area contributed by atoms with Crippen LogP contribution >= 0.6 is 11.3 Å². The molecule has 1 aliphatic carbocycles. The van der Waals surface area contributed by atoms with Gasteiger partial charge in [0.15, 0.2) is 5.13 Å². The minimum atomic E-state index is -1.52. The Balaban J connectivity index is 1.30. The smallest absolute Gasteiger partial charge is 0.408 e. The highest BCUT2D eigenvalue weighted by Crippen LogP contribution is 2.29. The number of hydrogen-bond donors (Lipinski definition) is 3. The van der Waals surface area contributed by atoms with Crippen molar-refractivity contribution in [1.29, 1.82) is 0 Å². The van der Waals surface area contributed by atoms with Gasteiger partial charge in [0.1, 0.15) is 17.2 Å². The summed E-state index contributed by atoms with van der Waals surface area (Å²) in [5.41, 5.74) is 0.276. The van der Waals surface area contributed by atoms with E-state index in [1.165, 1.54) is 16.2 Å². The van der Waals surface area contributed by atoms with Gasteiger partial charge in [0, 0.05) is 29.1 Å². The number of alkyl carbamates (subject to hydrolysis) is 1. The molecular weight excluding hydrogens is 582 g/mol. The molecular formula is C32H37N5O6S. The van der Waals surface area contributed by atoms with Crippen LogP contribution in [0.2, 0.25) is 0 Å². The molecule has 232 valence electrons. The lowest BCUT2D eigenvalue weighted by atomic mass is 9.89. The monoisotopic (exact) mass is 619 g/mol. The quantitative estimate of drug-likeness (QED) is 0.342. The van der Waals surface area contributed by atoms with Crippen LogP contribution < -0.4 is 16.0 Å². The van der Waals surface area contributed by atoms with Gasteiger partial charge in [-0.05, 0) is 58.2 Å². The molecule has 2 fully saturated rings. The van der Waals surface area contributed by atoms with Crippen molar-refractivity contribution in [3.8, 4) is 11.3 Å². The van der Waals surface area contributed by atoms with Crippen LogP contribution in [0.5, 0.6) is 0 Å². The highest BCUT2D eigenvalue weighted by molar-refractivity contribution is 7.14. The molecule has 0 bridgehead atoms. The number of ether oxygens (including phenoxy) is 2. The number of nitrogens with zero attached hydrogens (tertiary/aromatic N) is 2. The lowest BCUT2D eigenvalue weighted by molar-refractivity contribution is -0.151. The van der Waals surface area contributed by atoms with Crippen molar-refractivity contribution >= 4 is 40.3 Å². The summed E-state index contributed by atoms with van der Waals surface area (Å²) in [4.78, 5) is 58.9. The summed E-state index contributed by atoms with van der Waals surface area (Å²) in [5.74, 6) is -1.02. The Morgan fingerprint density at radius 1 is 1.00 bits per heavy atom. The molecule has 2 atom stereocenters. The average molecular weight is 620 g/mol. The van der Waals surface area contributed by atoms with Gasteiger partial charge in [-0.1, -0.05) is 42.5 Å². The standard InChI is InChI=1S/C32H37N5O6S/c1-31(2,3)43-30(41)36-32(4,22-8-6-5-7-9-22)28(40)37-16-17-42-18-25(37)27(39)35-29-34-24(19-44-29)20-10-12-21(13-11-20)26(38)33-23-14-15-23/h5-13,19,23,25H,14-18H2,1-4H3,(H,33,38)(H,36,41)(H,34,35,39)/t25?,32-/m1/s1. The first-order chi connectivity index (χ1) is 20.9. The molecule has 5 rings (SSSR count). The normalized spacial score (nSPS) is 18.1. The molecule has 1 saturated heterocycles. The second-order valence-corrected chi connectivity index (χ2v) is 12.9. The van der Waals surface area contributed by atoms with E-state index in [1.54, 1.807) is 64.1 Å². The van der Waals surface area contributed by atoms with E-state index in [-0.39, 0.29) is 31.7 Å². The minimum absolute atomic E-state index is 0.0164. The zero-order valence-corrected chi connectivity index (χ0v) is 26.0. The predicted molar refractivity (Wildman–Crippen MR) is 166 cm³/mol. The molecule has 2 aromatic carbocycles. The molecule has 1 aliphatic heterocycles. The lowest BCUT2D eigenvalue weighted by Gasteiger charge is -2.41. The van der Waals surface area contributed by atoms with Crippen molar-refractivity contribution in [3.05, 3.63) is 71.1 Å². The summed E-state index contributed by atoms with van der Waals surface area (Å²) >= 11 is 1.25. The van der Waals surface area contributed by atoms with E-state index in [1.807, 2.05) is 23.6 Å². The van der Waals surface area contributed by atoms with Crippen LogP contribution in [0.1, 0.15) is 56.5 Å². The van der Waals surface area contributed by atoms with E-state index in [0.29, 0.717) is 22.0 Å². The Labute approximate surface area is 260 Å². The van der Waals surface area contributed by atoms with E-state index >= 15 is 0 Å². The molecule has 1 saturated carbocycles. The van der Waals surface area contributed by atoms with Crippen LogP contribution in [-0.2, 0) is 24.6 Å². The first-order valence-electron chi connectivity index (χ1n) is 14.6. The Hall–Kier alpha value is -4.29. The number of anilines is 1. The van der Waals surface area contributed by atoms with Crippen LogP contribution in [-0.4, -0.2) is 71.1 Å².